The van der Waals surface area contributed by atoms with Gasteiger partial charge in [-0.1, -0.05) is 90.8 Å². The minimum Gasteiger partial charge on any atom is -0.352 e. The van der Waals surface area contributed by atoms with Crippen LogP contribution in [0.2, 0.25) is 10.0 Å². The number of sulfonamides is 1. The number of carbonyl (C=O) groups is 2. The van der Waals surface area contributed by atoms with Crippen molar-refractivity contribution in [2.75, 3.05) is 17.1 Å². The van der Waals surface area contributed by atoms with Crippen LogP contribution < -0.4 is 9.62 Å². The number of nitrogens with zero attached hydrogens (tertiary/aromatic N) is 2. The molecule has 41 heavy (non-hydrogen) atoms. The first-order valence-corrected chi connectivity index (χ1v) is 16.2. The molecule has 220 valence electrons. The highest BCUT2D eigenvalue weighted by Crippen LogP contribution is 2.31. The third-order valence-electron chi connectivity index (χ3n) is 6.80. The number of benzene rings is 3. The molecule has 0 radical (unpaired) electrons. The number of hydrogen-bond acceptors (Lipinski definition) is 4. The van der Waals surface area contributed by atoms with Crippen LogP contribution in [0.3, 0.4) is 0 Å². The number of halogens is 2. The molecular weight excluding hydrogens is 581 g/mol. The minimum atomic E-state index is -3.71. The fraction of sp³-hybridized carbons (Fsp3) is 0.355. The molecule has 0 spiro atoms. The number of rotatable bonds is 14. The summed E-state index contributed by atoms with van der Waals surface area (Å²) in [6, 6.07) is 22.9. The van der Waals surface area contributed by atoms with Crippen LogP contribution >= 0.6 is 23.2 Å². The third kappa shape index (κ3) is 9.76. The minimum absolute atomic E-state index is 0.0201. The molecule has 0 saturated carbocycles. The van der Waals surface area contributed by atoms with Gasteiger partial charge in [0, 0.05) is 37.0 Å². The molecule has 0 heterocycles. The normalized spacial score (nSPS) is 12.8. The molecule has 0 aliphatic carbocycles. The van der Waals surface area contributed by atoms with Crippen molar-refractivity contribution in [2.24, 2.45) is 0 Å². The molecule has 3 aromatic carbocycles. The molecule has 10 heteroatoms. The highest BCUT2D eigenvalue weighted by molar-refractivity contribution is 7.92. The average Bonchev–Trinajstić information content (AvgIpc) is 2.94. The van der Waals surface area contributed by atoms with E-state index < -0.39 is 16.1 Å². The monoisotopic (exact) mass is 617 g/mol. The summed E-state index contributed by atoms with van der Waals surface area (Å²) in [7, 11) is -3.71. The van der Waals surface area contributed by atoms with E-state index >= 15 is 0 Å². The molecule has 2 atom stereocenters. The summed E-state index contributed by atoms with van der Waals surface area (Å²) in [4.78, 5) is 29.1. The van der Waals surface area contributed by atoms with Crippen molar-refractivity contribution in [1.82, 2.24) is 10.2 Å². The Bertz CT molecular complexity index is 1410. The second-order valence-corrected chi connectivity index (χ2v) is 12.8. The number of amides is 2. The highest BCUT2D eigenvalue weighted by atomic mass is 35.5. The van der Waals surface area contributed by atoms with Crippen molar-refractivity contribution >= 4 is 50.7 Å². The van der Waals surface area contributed by atoms with E-state index in [0.717, 1.165) is 28.1 Å². The van der Waals surface area contributed by atoms with E-state index in [1.807, 2.05) is 74.5 Å². The van der Waals surface area contributed by atoms with Gasteiger partial charge in [-0.05, 0) is 49.1 Å². The van der Waals surface area contributed by atoms with Crippen molar-refractivity contribution in [1.29, 1.82) is 0 Å². The number of hydrogen-bond donors (Lipinski definition) is 1. The molecule has 7 nitrogen and oxygen atoms in total. The molecule has 0 bridgehead atoms. The maximum Gasteiger partial charge on any atom is 0.243 e. The van der Waals surface area contributed by atoms with Crippen molar-refractivity contribution in [3.63, 3.8) is 0 Å². The predicted molar refractivity (Wildman–Crippen MR) is 167 cm³/mol. The second-order valence-electron chi connectivity index (χ2n) is 10.1. The summed E-state index contributed by atoms with van der Waals surface area (Å²) in [5, 5.41) is 3.63. The zero-order valence-corrected chi connectivity index (χ0v) is 25.9. The van der Waals surface area contributed by atoms with E-state index in [2.05, 4.69) is 5.32 Å². The summed E-state index contributed by atoms with van der Waals surface area (Å²) in [5.74, 6) is -0.476. The molecule has 3 rings (SSSR count). The van der Waals surface area contributed by atoms with Crippen molar-refractivity contribution in [2.45, 2.75) is 58.2 Å². The lowest BCUT2D eigenvalue weighted by atomic mass is 10.0. The summed E-state index contributed by atoms with van der Waals surface area (Å²) in [6.45, 7) is 4.18. The molecule has 3 aromatic rings. The lowest BCUT2D eigenvalue weighted by Gasteiger charge is -2.32. The Balaban J connectivity index is 1.89. The molecule has 0 aliphatic rings. The molecular formula is C31H37Cl2N3O4S. The van der Waals surface area contributed by atoms with Gasteiger partial charge in [0.1, 0.15) is 6.04 Å². The average molecular weight is 619 g/mol. The fourth-order valence-electron chi connectivity index (χ4n) is 4.43. The van der Waals surface area contributed by atoms with E-state index in [4.69, 9.17) is 23.2 Å². The molecule has 2 amide bonds. The van der Waals surface area contributed by atoms with E-state index in [-0.39, 0.29) is 54.5 Å². The lowest BCUT2D eigenvalue weighted by Crippen LogP contribution is -2.52. The van der Waals surface area contributed by atoms with E-state index in [1.165, 1.54) is 12.1 Å². The summed E-state index contributed by atoms with van der Waals surface area (Å²) in [5.41, 5.74) is 2.07. The third-order valence-corrected chi connectivity index (χ3v) is 8.53. The van der Waals surface area contributed by atoms with Gasteiger partial charge >= 0.3 is 0 Å². The summed E-state index contributed by atoms with van der Waals surface area (Å²) >= 11 is 12.4. The van der Waals surface area contributed by atoms with Gasteiger partial charge in [-0.15, -0.1) is 0 Å². The van der Waals surface area contributed by atoms with Crippen LogP contribution in [0.5, 0.6) is 0 Å². The Kier molecular flexibility index (Phi) is 12.1. The first-order valence-electron chi connectivity index (χ1n) is 13.6. The fourth-order valence-corrected chi connectivity index (χ4v) is 5.84. The first-order chi connectivity index (χ1) is 19.5. The Morgan fingerprint density at radius 2 is 1.54 bits per heavy atom. The van der Waals surface area contributed by atoms with Gasteiger partial charge in [0.25, 0.3) is 0 Å². The predicted octanol–water partition coefficient (Wildman–Crippen LogP) is 6.09. The maximum atomic E-state index is 13.9. The maximum absolute atomic E-state index is 13.9. The topological polar surface area (TPSA) is 86.8 Å². The van der Waals surface area contributed by atoms with Crippen molar-refractivity contribution in [3.8, 4) is 0 Å². The molecule has 0 saturated heterocycles. The molecule has 0 fully saturated rings. The summed E-state index contributed by atoms with van der Waals surface area (Å²) < 4.78 is 26.5. The second kappa shape index (κ2) is 15.2. The molecule has 0 aliphatic heterocycles. The quantitative estimate of drug-likeness (QED) is 0.237. The summed E-state index contributed by atoms with van der Waals surface area (Å²) in [6.07, 6.45) is 2.42. The van der Waals surface area contributed by atoms with Gasteiger partial charge in [-0.3, -0.25) is 13.9 Å². The largest absolute Gasteiger partial charge is 0.352 e. The first kappa shape index (κ1) is 32.4. The lowest BCUT2D eigenvalue weighted by molar-refractivity contribution is -0.141. The SMILES string of the molecule is CC[C@H](C)NC(=O)[C@H](Cc1ccccc1)N(Cc1ccccc1)C(=O)CCCN(c1cc(Cl)ccc1Cl)S(C)(=O)=O. The number of carbonyl (C=O) groups excluding carboxylic acids is 2. The standard InChI is InChI=1S/C31H37Cl2N3O4S/c1-4-23(2)34-31(38)29(20-24-12-7-5-8-13-24)35(22-25-14-9-6-10-15-25)30(37)16-11-19-36(41(3,39)40)28-21-26(32)17-18-27(28)33/h5-10,12-15,17-18,21,23,29H,4,11,16,19-20,22H2,1-3H3,(H,34,38)/t23-,29-/m0/s1. The Morgan fingerprint density at radius 1 is 0.927 bits per heavy atom. The van der Waals surface area contributed by atoms with Crippen LogP contribution in [0.1, 0.15) is 44.2 Å². The Morgan fingerprint density at radius 3 is 2.12 bits per heavy atom. The number of anilines is 1. The number of nitrogens with one attached hydrogen (secondary N) is 1. The van der Waals surface area contributed by atoms with Gasteiger partial charge in [0.15, 0.2) is 0 Å². The molecule has 0 aromatic heterocycles. The van der Waals surface area contributed by atoms with E-state index in [0.29, 0.717) is 11.4 Å². The van der Waals surface area contributed by atoms with Crippen LogP contribution in [0, 0.1) is 0 Å². The Hall–Kier alpha value is -3.07. The van der Waals surface area contributed by atoms with E-state index in [9.17, 15) is 18.0 Å². The Labute approximate surface area is 253 Å². The highest BCUT2D eigenvalue weighted by Gasteiger charge is 2.31. The van der Waals surface area contributed by atoms with Crippen LogP contribution in [-0.4, -0.2) is 50.0 Å². The van der Waals surface area contributed by atoms with Crippen molar-refractivity contribution < 1.29 is 18.0 Å². The van der Waals surface area contributed by atoms with Gasteiger partial charge in [0.05, 0.1) is 17.0 Å². The van der Waals surface area contributed by atoms with Gasteiger partial charge in [-0.2, -0.15) is 0 Å². The van der Waals surface area contributed by atoms with Gasteiger partial charge in [0.2, 0.25) is 21.8 Å². The van der Waals surface area contributed by atoms with Crippen LogP contribution in [0.25, 0.3) is 0 Å². The smallest absolute Gasteiger partial charge is 0.243 e. The zero-order chi connectivity index (χ0) is 30.0. The van der Waals surface area contributed by atoms with Crippen LogP contribution in [0.15, 0.2) is 78.9 Å². The molecule has 0 unspecified atom stereocenters. The zero-order valence-electron chi connectivity index (χ0n) is 23.6. The molecule has 1 N–H and O–H groups in total. The van der Waals surface area contributed by atoms with Gasteiger partial charge < -0.3 is 10.2 Å². The van der Waals surface area contributed by atoms with Crippen LogP contribution in [0.4, 0.5) is 5.69 Å². The van der Waals surface area contributed by atoms with Crippen LogP contribution in [-0.2, 0) is 32.6 Å². The van der Waals surface area contributed by atoms with E-state index in [1.54, 1.807) is 11.0 Å². The van der Waals surface area contributed by atoms with Gasteiger partial charge in [-0.25, -0.2) is 8.42 Å². The van der Waals surface area contributed by atoms with Crippen molar-refractivity contribution in [3.05, 3.63) is 100 Å².